The van der Waals surface area contributed by atoms with Gasteiger partial charge < -0.3 is 10.2 Å². The zero-order valence-corrected chi connectivity index (χ0v) is 12.0. The number of hydrogen-bond acceptors (Lipinski definition) is 4. The van der Waals surface area contributed by atoms with Crippen molar-refractivity contribution in [3.05, 3.63) is 29.8 Å². The number of amides is 3. The first kappa shape index (κ1) is 13.6. The average Bonchev–Trinajstić information content (AvgIpc) is 2.86. The maximum atomic E-state index is 12.7. The van der Waals surface area contributed by atoms with E-state index in [1.165, 1.54) is 4.90 Å². The molecule has 1 unspecified atom stereocenters. The lowest BCUT2D eigenvalue weighted by Gasteiger charge is -2.41. The largest absolute Gasteiger partial charge is 0.373 e. The second kappa shape index (κ2) is 4.58. The summed E-state index contributed by atoms with van der Waals surface area (Å²) in [6.07, 6.45) is 0.567. The Bertz CT molecular complexity index is 614. The molecule has 0 aliphatic carbocycles. The molecule has 3 rings (SSSR count). The lowest BCUT2D eigenvalue weighted by molar-refractivity contribution is -0.155. The van der Waals surface area contributed by atoms with E-state index in [0.717, 1.165) is 11.3 Å². The lowest BCUT2D eigenvalue weighted by atomic mass is 9.97. The SMILES string of the molecule is CC1(C)C(=O)NC(=O)CN1C(=O)C1Cc2ccccc2N1. The summed E-state index contributed by atoms with van der Waals surface area (Å²) in [5.41, 5.74) is 0.976. The van der Waals surface area contributed by atoms with Gasteiger partial charge in [-0.15, -0.1) is 0 Å². The minimum Gasteiger partial charge on any atom is -0.373 e. The van der Waals surface area contributed by atoms with E-state index >= 15 is 0 Å². The van der Waals surface area contributed by atoms with Crippen molar-refractivity contribution in [3.8, 4) is 0 Å². The van der Waals surface area contributed by atoms with Crippen LogP contribution in [-0.2, 0) is 20.8 Å². The maximum absolute atomic E-state index is 12.7. The fraction of sp³-hybridized carbons (Fsp3) is 0.400. The van der Waals surface area contributed by atoms with Gasteiger partial charge in [0, 0.05) is 12.1 Å². The quantitative estimate of drug-likeness (QED) is 0.728. The molecular formula is C15H17N3O3. The number of nitrogens with one attached hydrogen (secondary N) is 2. The van der Waals surface area contributed by atoms with Crippen LogP contribution in [-0.4, -0.2) is 40.7 Å². The first-order valence-electron chi connectivity index (χ1n) is 6.90. The van der Waals surface area contributed by atoms with Crippen LogP contribution < -0.4 is 10.6 Å². The van der Waals surface area contributed by atoms with Gasteiger partial charge in [0.15, 0.2) is 0 Å². The first-order valence-corrected chi connectivity index (χ1v) is 6.90. The molecule has 6 heteroatoms. The van der Waals surface area contributed by atoms with E-state index in [0.29, 0.717) is 6.42 Å². The molecule has 2 N–H and O–H groups in total. The summed E-state index contributed by atoms with van der Waals surface area (Å²) in [5.74, 6) is -1.11. The number of benzene rings is 1. The number of fused-ring (bicyclic) bond motifs is 1. The van der Waals surface area contributed by atoms with E-state index in [4.69, 9.17) is 0 Å². The highest BCUT2D eigenvalue weighted by atomic mass is 16.2. The number of carbonyl (C=O) groups is 3. The molecule has 6 nitrogen and oxygen atoms in total. The van der Waals surface area contributed by atoms with Gasteiger partial charge >= 0.3 is 0 Å². The van der Waals surface area contributed by atoms with Crippen molar-refractivity contribution < 1.29 is 14.4 Å². The van der Waals surface area contributed by atoms with Crippen LogP contribution in [0.25, 0.3) is 0 Å². The number of carbonyl (C=O) groups excluding carboxylic acids is 3. The molecule has 0 bridgehead atoms. The van der Waals surface area contributed by atoms with Crippen molar-refractivity contribution in [2.45, 2.75) is 31.8 Å². The number of para-hydroxylation sites is 1. The van der Waals surface area contributed by atoms with Gasteiger partial charge in [0.25, 0.3) is 5.91 Å². The van der Waals surface area contributed by atoms with Crippen LogP contribution in [0.15, 0.2) is 24.3 Å². The standard InChI is InChI=1S/C15H17N3O3/c1-15(2)14(21)17-12(19)8-18(15)13(20)11-7-9-5-3-4-6-10(9)16-11/h3-6,11,16H,7-8H2,1-2H3,(H,17,19,21). The maximum Gasteiger partial charge on any atom is 0.252 e. The van der Waals surface area contributed by atoms with E-state index in [-0.39, 0.29) is 12.5 Å². The molecule has 1 saturated heterocycles. The second-order valence-corrected chi connectivity index (χ2v) is 5.92. The minimum absolute atomic E-state index is 0.0912. The van der Waals surface area contributed by atoms with Crippen LogP contribution >= 0.6 is 0 Å². The van der Waals surface area contributed by atoms with E-state index in [1.807, 2.05) is 24.3 Å². The van der Waals surface area contributed by atoms with Crippen molar-refractivity contribution in [2.24, 2.45) is 0 Å². The van der Waals surface area contributed by atoms with Gasteiger partial charge in [-0.1, -0.05) is 18.2 Å². The summed E-state index contributed by atoms with van der Waals surface area (Å²) >= 11 is 0. The van der Waals surface area contributed by atoms with Crippen molar-refractivity contribution >= 4 is 23.4 Å². The number of piperazine rings is 1. The molecule has 110 valence electrons. The van der Waals surface area contributed by atoms with Crippen molar-refractivity contribution in [1.82, 2.24) is 10.2 Å². The average molecular weight is 287 g/mol. The third kappa shape index (κ3) is 2.16. The molecule has 0 spiro atoms. The molecule has 2 heterocycles. The van der Waals surface area contributed by atoms with Crippen LogP contribution in [0.3, 0.4) is 0 Å². The summed E-state index contributed by atoms with van der Waals surface area (Å²) in [6.45, 7) is 3.20. The highest BCUT2D eigenvalue weighted by Crippen LogP contribution is 2.28. The van der Waals surface area contributed by atoms with Crippen LogP contribution in [0.1, 0.15) is 19.4 Å². The zero-order chi connectivity index (χ0) is 15.2. The highest BCUT2D eigenvalue weighted by molar-refractivity contribution is 6.07. The molecule has 0 radical (unpaired) electrons. The number of anilines is 1. The third-order valence-corrected chi connectivity index (χ3v) is 4.12. The Morgan fingerprint density at radius 2 is 2.00 bits per heavy atom. The number of hydrogen-bond donors (Lipinski definition) is 2. The van der Waals surface area contributed by atoms with Gasteiger partial charge in [-0.2, -0.15) is 0 Å². The van der Waals surface area contributed by atoms with Crippen LogP contribution in [0.5, 0.6) is 0 Å². The molecule has 2 aliphatic rings. The van der Waals surface area contributed by atoms with E-state index in [9.17, 15) is 14.4 Å². The monoisotopic (exact) mass is 287 g/mol. The van der Waals surface area contributed by atoms with Crippen LogP contribution in [0.4, 0.5) is 5.69 Å². The zero-order valence-electron chi connectivity index (χ0n) is 12.0. The molecule has 1 fully saturated rings. The summed E-state index contributed by atoms with van der Waals surface area (Å²) in [4.78, 5) is 37.6. The summed E-state index contributed by atoms with van der Waals surface area (Å²) in [7, 11) is 0. The van der Waals surface area contributed by atoms with E-state index < -0.39 is 23.4 Å². The predicted molar refractivity (Wildman–Crippen MR) is 76.5 cm³/mol. The Kier molecular flexibility index (Phi) is 2.97. The molecule has 1 atom stereocenters. The number of nitrogens with zero attached hydrogens (tertiary/aromatic N) is 1. The molecule has 1 aromatic carbocycles. The number of rotatable bonds is 1. The highest BCUT2D eigenvalue weighted by Gasteiger charge is 2.45. The second-order valence-electron chi connectivity index (χ2n) is 5.92. The molecule has 3 amide bonds. The number of imide groups is 1. The Labute approximate surface area is 122 Å². The molecule has 2 aliphatic heterocycles. The van der Waals surface area contributed by atoms with Crippen LogP contribution in [0, 0.1) is 0 Å². The lowest BCUT2D eigenvalue weighted by Crippen LogP contribution is -2.67. The normalized spacial score (nSPS) is 23.3. The van der Waals surface area contributed by atoms with E-state index in [2.05, 4.69) is 10.6 Å². The smallest absolute Gasteiger partial charge is 0.252 e. The summed E-state index contributed by atoms with van der Waals surface area (Å²) < 4.78 is 0. The Morgan fingerprint density at radius 1 is 1.29 bits per heavy atom. The molecule has 21 heavy (non-hydrogen) atoms. The molecule has 0 aromatic heterocycles. The van der Waals surface area contributed by atoms with Crippen molar-refractivity contribution in [1.29, 1.82) is 0 Å². The fourth-order valence-electron chi connectivity index (χ4n) is 2.77. The minimum atomic E-state index is -1.03. The van der Waals surface area contributed by atoms with Gasteiger partial charge in [-0.05, 0) is 25.5 Å². The Balaban J connectivity index is 1.83. The summed E-state index contributed by atoms with van der Waals surface area (Å²) in [6, 6.07) is 7.28. The Hall–Kier alpha value is -2.37. The van der Waals surface area contributed by atoms with Gasteiger partial charge in [0.05, 0.1) is 0 Å². The van der Waals surface area contributed by atoms with Gasteiger partial charge in [-0.3, -0.25) is 19.7 Å². The molecular weight excluding hydrogens is 270 g/mol. The van der Waals surface area contributed by atoms with Gasteiger partial charge in [0.1, 0.15) is 18.1 Å². The summed E-state index contributed by atoms with van der Waals surface area (Å²) in [5, 5.41) is 5.43. The van der Waals surface area contributed by atoms with Crippen molar-refractivity contribution in [3.63, 3.8) is 0 Å². The molecule has 1 aromatic rings. The topological polar surface area (TPSA) is 78.5 Å². The fourth-order valence-corrected chi connectivity index (χ4v) is 2.77. The van der Waals surface area contributed by atoms with Crippen molar-refractivity contribution in [2.75, 3.05) is 11.9 Å². The van der Waals surface area contributed by atoms with Crippen LogP contribution in [0.2, 0.25) is 0 Å². The predicted octanol–water partition coefficient (Wildman–Crippen LogP) is 0.287. The third-order valence-electron chi connectivity index (χ3n) is 4.12. The van der Waals surface area contributed by atoms with Gasteiger partial charge in [-0.25, -0.2) is 0 Å². The Morgan fingerprint density at radius 3 is 2.71 bits per heavy atom. The molecule has 0 saturated carbocycles. The van der Waals surface area contributed by atoms with Gasteiger partial charge in [0.2, 0.25) is 11.8 Å². The van der Waals surface area contributed by atoms with E-state index in [1.54, 1.807) is 13.8 Å². The first-order chi connectivity index (χ1) is 9.89.